The quantitative estimate of drug-likeness (QED) is 0.590. The molecule has 1 unspecified atom stereocenters. The van der Waals surface area contributed by atoms with Gasteiger partial charge in [0.1, 0.15) is 0 Å². The molecule has 1 nitrogen and oxygen atoms in total. The summed E-state index contributed by atoms with van der Waals surface area (Å²) in [5, 5.41) is 3.42. The molecule has 1 N–H and O–H groups in total. The molecule has 0 aliphatic carbocycles. The van der Waals surface area contributed by atoms with Crippen LogP contribution in [0.15, 0.2) is 41.3 Å². The molecule has 0 radical (unpaired) electrons. The first-order valence-corrected chi connectivity index (χ1v) is 6.83. The van der Waals surface area contributed by atoms with Crippen molar-refractivity contribution >= 4 is 11.8 Å². The lowest BCUT2D eigenvalue weighted by Gasteiger charge is -2.12. The van der Waals surface area contributed by atoms with Crippen LogP contribution in [-0.4, -0.2) is 12.3 Å². The molecule has 1 rings (SSSR count). The third kappa shape index (κ3) is 4.42. The monoisotopic (exact) mass is 235 g/mol. The molecule has 0 amide bonds. The van der Waals surface area contributed by atoms with E-state index < -0.39 is 0 Å². The molecule has 0 aromatic heterocycles. The Morgan fingerprint density at radius 1 is 1.31 bits per heavy atom. The molecule has 0 aliphatic rings. The lowest BCUT2D eigenvalue weighted by molar-refractivity contribution is 0.598. The standard InChI is InChI=1S/C14H21NS/c1-4-6-11-16-14-9-7-13(8-10-14)12(3)15-5-2/h4,6-10,12,15H,5,11H2,1-3H3. The largest absolute Gasteiger partial charge is 0.310 e. The fourth-order valence-electron chi connectivity index (χ4n) is 1.52. The van der Waals surface area contributed by atoms with Crippen molar-refractivity contribution in [1.82, 2.24) is 5.32 Å². The topological polar surface area (TPSA) is 12.0 Å². The number of rotatable bonds is 6. The first kappa shape index (κ1) is 13.3. The predicted octanol–water partition coefficient (Wildman–Crippen LogP) is 4.03. The van der Waals surface area contributed by atoms with E-state index in [0.717, 1.165) is 12.3 Å². The Morgan fingerprint density at radius 3 is 2.56 bits per heavy atom. The van der Waals surface area contributed by atoms with Gasteiger partial charge in [-0.15, -0.1) is 11.8 Å². The van der Waals surface area contributed by atoms with E-state index in [1.165, 1.54) is 10.5 Å². The van der Waals surface area contributed by atoms with Gasteiger partial charge in [0.15, 0.2) is 0 Å². The second-order valence-electron chi connectivity index (χ2n) is 3.73. The first-order valence-electron chi connectivity index (χ1n) is 5.85. The molecule has 0 saturated carbocycles. The highest BCUT2D eigenvalue weighted by atomic mass is 32.2. The number of allylic oxidation sites excluding steroid dienone is 1. The van der Waals surface area contributed by atoms with Gasteiger partial charge in [-0.25, -0.2) is 0 Å². The predicted molar refractivity (Wildman–Crippen MR) is 74.1 cm³/mol. The molecule has 0 fully saturated rings. The lowest BCUT2D eigenvalue weighted by Crippen LogP contribution is -2.17. The molecular weight excluding hydrogens is 214 g/mol. The first-order chi connectivity index (χ1) is 7.77. The summed E-state index contributed by atoms with van der Waals surface area (Å²) in [7, 11) is 0. The highest BCUT2D eigenvalue weighted by Crippen LogP contribution is 2.21. The van der Waals surface area contributed by atoms with Crippen LogP contribution in [0.5, 0.6) is 0 Å². The van der Waals surface area contributed by atoms with Gasteiger partial charge in [0, 0.05) is 16.7 Å². The summed E-state index contributed by atoms with van der Waals surface area (Å²) in [6, 6.07) is 9.28. The molecule has 88 valence electrons. The molecule has 2 heteroatoms. The zero-order valence-electron chi connectivity index (χ0n) is 10.4. The second-order valence-corrected chi connectivity index (χ2v) is 4.82. The summed E-state index contributed by atoms with van der Waals surface area (Å²) in [6.45, 7) is 7.41. The fraction of sp³-hybridized carbons (Fsp3) is 0.429. The van der Waals surface area contributed by atoms with E-state index >= 15 is 0 Å². The SMILES string of the molecule is CC=CCSc1ccc(C(C)NCC)cc1. The van der Waals surface area contributed by atoms with E-state index in [0.29, 0.717) is 6.04 Å². The van der Waals surface area contributed by atoms with Crippen LogP contribution in [0.4, 0.5) is 0 Å². The normalized spacial score (nSPS) is 13.2. The van der Waals surface area contributed by atoms with Crippen molar-refractivity contribution < 1.29 is 0 Å². The summed E-state index contributed by atoms with van der Waals surface area (Å²) in [5.41, 5.74) is 1.36. The van der Waals surface area contributed by atoms with Crippen molar-refractivity contribution in [2.75, 3.05) is 12.3 Å². The van der Waals surface area contributed by atoms with Gasteiger partial charge in [0.05, 0.1) is 0 Å². The van der Waals surface area contributed by atoms with Crippen LogP contribution in [-0.2, 0) is 0 Å². The van der Waals surface area contributed by atoms with Crippen LogP contribution in [0.1, 0.15) is 32.4 Å². The smallest absolute Gasteiger partial charge is 0.0291 e. The minimum Gasteiger partial charge on any atom is -0.310 e. The van der Waals surface area contributed by atoms with Gasteiger partial charge in [-0.2, -0.15) is 0 Å². The molecule has 1 atom stereocenters. The van der Waals surface area contributed by atoms with Crippen molar-refractivity contribution in [2.24, 2.45) is 0 Å². The molecular formula is C14H21NS. The molecule has 0 aliphatic heterocycles. The number of hydrogen-bond acceptors (Lipinski definition) is 2. The van der Waals surface area contributed by atoms with Crippen molar-refractivity contribution in [3.63, 3.8) is 0 Å². The second kappa shape index (κ2) is 7.53. The third-order valence-corrected chi connectivity index (χ3v) is 3.44. The van der Waals surface area contributed by atoms with Crippen molar-refractivity contribution in [3.8, 4) is 0 Å². The summed E-state index contributed by atoms with van der Waals surface area (Å²) >= 11 is 1.87. The molecule has 0 spiro atoms. The Kier molecular flexibility index (Phi) is 6.27. The van der Waals surface area contributed by atoms with Gasteiger partial charge >= 0.3 is 0 Å². The van der Waals surface area contributed by atoms with Crippen LogP contribution in [0.2, 0.25) is 0 Å². The summed E-state index contributed by atoms with van der Waals surface area (Å²) in [6.07, 6.45) is 4.27. The van der Waals surface area contributed by atoms with E-state index in [4.69, 9.17) is 0 Å². The summed E-state index contributed by atoms with van der Waals surface area (Å²) in [4.78, 5) is 1.34. The zero-order valence-corrected chi connectivity index (χ0v) is 11.2. The van der Waals surface area contributed by atoms with Crippen LogP contribution in [0.3, 0.4) is 0 Å². The van der Waals surface area contributed by atoms with E-state index in [1.807, 2.05) is 11.8 Å². The Balaban J connectivity index is 2.53. The van der Waals surface area contributed by atoms with Crippen molar-refractivity contribution in [3.05, 3.63) is 42.0 Å². The minimum atomic E-state index is 0.444. The molecule has 0 saturated heterocycles. The number of benzene rings is 1. The van der Waals surface area contributed by atoms with Gasteiger partial charge in [0.2, 0.25) is 0 Å². The number of nitrogens with one attached hydrogen (secondary N) is 1. The Hall–Kier alpha value is -0.730. The maximum absolute atomic E-state index is 3.42. The Bertz CT molecular complexity index is 316. The number of hydrogen-bond donors (Lipinski definition) is 1. The lowest BCUT2D eigenvalue weighted by atomic mass is 10.1. The fourth-order valence-corrected chi connectivity index (χ4v) is 2.33. The molecule has 0 bridgehead atoms. The van der Waals surface area contributed by atoms with Gasteiger partial charge in [-0.05, 0) is 38.1 Å². The molecule has 1 aromatic carbocycles. The maximum atomic E-state index is 3.42. The van der Waals surface area contributed by atoms with E-state index in [9.17, 15) is 0 Å². The Morgan fingerprint density at radius 2 is 2.00 bits per heavy atom. The van der Waals surface area contributed by atoms with E-state index in [1.54, 1.807) is 0 Å². The summed E-state index contributed by atoms with van der Waals surface area (Å²) in [5.74, 6) is 1.05. The van der Waals surface area contributed by atoms with Crippen LogP contribution >= 0.6 is 11.8 Å². The van der Waals surface area contributed by atoms with Crippen molar-refractivity contribution in [1.29, 1.82) is 0 Å². The molecule has 16 heavy (non-hydrogen) atoms. The van der Waals surface area contributed by atoms with Gasteiger partial charge < -0.3 is 5.32 Å². The molecule has 1 aromatic rings. The number of thioether (sulfide) groups is 1. The van der Waals surface area contributed by atoms with Crippen LogP contribution in [0.25, 0.3) is 0 Å². The van der Waals surface area contributed by atoms with E-state index in [2.05, 4.69) is 62.5 Å². The van der Waals surface area contributed by atoms with E-state index in [-0.39, 0.29) is 0 Å². The zero-order chi connectivity index (χ0) is 11.8. The van der Waals surface area contributed by atoms with Gasteiger partial charge in [-0.1, -0.05) is 31.2 Å². The average Bonchev–Trinajstić information content (AvgIpc) is 2.30. The third-order valence-electron chi connectivity index (χ3n) is 2.47. The van der Waals surface area contributed by atoms with Gasteiger partial charge in [-0.3, -0.25) is 0 Å². The van der Waals surface area contributed by atoms with Crippen LogP contribution in [0, 0.1) is 0 Å². The maximum Gasteiger partial charge on any atom is 0.0291 e. The average molecular weight is 235 g/mol. The highest BCUT2D eigenvalue weighted by molar-refractivity contribution is 7.99. The highest BCUT2D eigenvalue weighted by Gasteiger charge is 2.02. The summed E-state index contributed by atoms with van der Waals surface area (Å²) < 4.78 is 0. The minimum absolute atomic E-state index is 0.444. The van der Waals surface area contributed by atoms with Gasteiger partial charge in [0.25, 0.3) is 0 Å². The molecule has 0 heterocycles. The van der Waals surface area contributed by atoms with Crippen molar-refractivity contribution in [2.45, 2.75) is 31.7 Å². The van der Waals surface area contributed by atoms with Crippen LogP contribution < -0.4 is 5.32 Å². The Labute approximate surface area is 103 Å².